The van der Waals surface area contributed by atoms with Gasteiger partial charge in [0.2, 0.25) is 5.91 Å². The van der Waals surface area contributed by atoms with Gasteiger partial charge in [0.25, 0.3) is 5.56 Å². The van der Waals surface area contributed by atoms with Crippen LogP contribution in [-0.2, 0) is 11.3 Å². The number of rotatable bonds is 9. The van der Waals surface area contributed by atoms with E-state index >= 15 is 0 Å². The molecular weight excluding hydrogens is 398 g/mol. The molecule has 1 aromatic heterocycles. The van der Waals surface area contributed by atoms with E-state index in [9.17, 15) is 9.59 Å². The predicted octanol–water partition coefficient (Wildman–Crippen LogP) is 3.36. The molecule has 0 spiro atoms. The lowest BCUT2D eigenvalue weighted by Gasteiger charge is -2.12. The van der Waals surface area contributed by atoms with E-state index in [1.165, 1.54) is 17.9 Å². The summed E-state index contributed by atoms with van der Waals surface area (Å²) in [7, 11) is 4.68. The number of aromatic nitrogens is 2. The van der Waals surface area contributed by atoms with Crippen LogP contribution in [0.2, 0.25) is 0 Å². The van der Waals surface area contributed by atoms with Crippen molar-refractivity contribution >= 4 is 11.6 Å². The number of carbonyl (C=O) groups is 1. The van der Waals surface area contributed by atoms with E-state index in [4.69, 9.17) is 14.2 Å². The average Bonchev–Trinajstić information content (AvgIpc) is 2.80. The van der Waals surface area contributed by atoms with Crippen molar-refractivity contribution in [3.63, 3.8) is 0 Å². The number of ether oxygens (including phenoxy) is 3. The lowest BCUT2D eigenvalue weighted by molar-refractivity contribution is -0.116. The van der Waals surface area contributed by atoms with E-state index in [-0.39, 0.29) is 17.9 Å². The first-order valence-electron chi connectivity index (χ1n) is 9.78. The normalized spacial score (nSPS) is 10.4. The molecule has 1 amide bonds. The van der Waals surface area contributed by atoms with Gasteiger partial charge in [-0.15, -0.1) is 0 Å². The fourth-order valence-electron chi connectivity index (χ4n) is 3.03. The van der Waals surface area contributed by atoms with E-state index in [1.54, 1.807) is 38.5 Å². The summed E-state index contributed by atoms with van der Waals surface area (Å²) in [4.78, 5) is 24.6. The van der Waals surface area contributed by atoms with Gasteiger partial charge in [-0.2, -0.15) is 5.10 Å². The summed E-state index contributed by atoms with van der Waals surface area (Å²) in [6, 6.07) is 15.8. The van der Waals surface area contributed by atoms with Crippen molar-refractivity contribution in [3.8, 4) is 28.5 Å². The Morgan fingerprint density at radius 2 is 1.55 bits per heavy atom. The van der Waals surface area contributed by atoms with E-state index in [2.05, 4.69) is 10.4 Å². The minimum absolute atomic E-state index is 0.137. The number of nitrogens with zero attached hydrogens (tertiary/aromatic N) is 2. The van der Waals surface area contributed by atoms with Crippen LogP contribution in [0.15, 0.2) is 59.4 Å². The van der Waals surface area contributed by atoms with Crippen LogP contribution in [0.3, 0.4) is 0 Å². The topological polar surface area (TPSA) is 91.7 Å². The van der Waals surface area contributed by atoms with Crippen LogP contribution in [0, 0.1) is 0 Å². The molecule has 0 radical (unpaired) electrons. The van der Waals surface area contributed by atoms with Crippen molar-refractivity contribution in [2.24, 2.45) is 0 Å². The molecule has 0 saturated carbocycles. The van der Waals surface area contributed by atoms with Crippen molar-refractivity contribution in [1.82, 2.24) is 9.78 Å². The molecule has 31 heavy (non-hydrogen) atoms. The number of carbonyl (C=O) groups excluding carboxylic acids is 1. The smallest absolute Gasteiger partial charge is 0.270 e. The van der Waals surface area contributed by atoms with Gasteiger partial charge in [0.05, 0.1) is 21.3 Å². The number of hydrogen-bond donors (Lipinski definition) is 1. The van der Waals surface area contributed by atoms with Gasteiger partial charge in [0.1, 0.15) is 17.2 Å². The zero-order valence-corrected chi connectivity index (χ0v) is 17.8. The predicted molar refractivity (Wildman–Crippen MR) is 118 cm³/mol. The van der Waals surface area contributed by atoms with Crippen molar-refractivity contribution in [1.29, 1.82) is 0 Å². The third-order valence-electron chi connectivity index (χ3n) is 4.69. The highest BCUT2D eigenvalue weighted by molar-refractivity contribution is 5.90. The summed E-state index contributed by atoms with van der Waals surface area (Å²) in [6.07, 6.45) is 0.716. The van der Waals surface area contributed by atoms with E-state index < -0.39 is 0 Å². The molecule has 0 unspecified atom stereocenters. The number of methoxy groups -OCH3 is 3. The second-order valence-corrected chi connectivity index (χ2v) is 6.73. The highest BCUT2D eigenvalue weighted by atomic mass is 16.5. The second kappa shape index (κ2) is 10.3. The minimum atomic E-state index is -0.287. The molecule has 0 atom stereocenters. The van der Waals surface area contributed by atoms with Gasteiger partial charge in [-0.25, -0.2) is 4.68 Å². The van der Waals surface area contributed by atoms with Crippen LogP contribution >= 0.6 is 0 Å². The summed E-state index contributed by atoms with van der Waals surface area (Å²) in [5.41, 5.74) is 1.74. The minimum Gasteiger partial charge on any atom is -0.497 e. The Balaban J connectivity index is 1.66. The largest absolute Gasteiger partial charge is 0.497 e. The Morgan fingerprint density at radius 3 is 2.13 bits per heavy atom. The Hall–Kier alpha value is -3.81. The average molecular weight is 423 g/mol. The van der Waals surface area contributed by atoms with Gasteiger partial charge >= 0.3 is 0 Å². The maximum absolute atomic E-state index is 12.4. The number of amides is 1. The van der Waals surface area contributed by atoms with Gasteiger partial charge in [0, 0.05) is 30.3 Å². The number of anilines is 1. The summed E-state index contributed by atoms with van der Waals surface area (Å²) in [6.45, 7) is 0.308. The Kier molecular flexibility index (Phi) is 7.26. The summed E-state index contributed by atoms with van der Waals surface area (Å²) >= 11 is 0. The quantitative estimate of drug-likeness (QED) is 0.568. The molecule has 0 bridgehead atoms. The fourth-order valence-corrected chi connectivity index (χ4v) is 3.03. The van der Waals surface area contributed by atoms with Gasteiger partial charge in [-0.3, -0.25) is 9.59 Å². The first kappa shape index (κ1) is 21.9. The van der Waals surface area contributed by atoms with E-state index in [0.717, 1.165) is 17.1 Å². The van der Waals surface area contributed by atoms with Crippen molar-refractivity contribution in [2.45, 2.75) is 19.4 Å². The van der Waals surface area contributed by atoms with Crippen LogP contribution < -0.4 is 25.1 Å². The maximum Gasteiger partial charge on any atom is 0.270 e. The Morgan fingerprint density at radius 1 is 0.935 bits per heavy atom. The molecule has 3 rings (SSSR count). The van der Waals surface area contributed by atoms with Crippen LogP contribution in [0.25, 0.3) is 11.3 Å². The molecule has 2 aromatic carbocycles. The molecule has 3 aromatic rings. The molecule has 8 heteroatoms. The van der Waals surface area contributed by atoms with Crippen molar-refractivity contribution < 1.29 is 19.0 Å². The number of benzene rings is 2. The molecule has 8 nitrogen and oxygen atoms in total. The standard InChI is InChI=1S/C23H25N3O5/c1-29-18-10-6-16(7-11-18)23-20(31-3)15-22(28)26(25-23)14-4-5-21(27)24-17-8-12-19(30-2)13-9-17/h6-13,15H,4-5,14H2,1-3H3,(H,24,27). The van der Waals surface area contributed by atoms with E-state index in [0.29, 0.717) is 30.1 Å². The zero-order chi connectivity index (χ0) is 22.2. The highest BCUT2D eigenvalue weighted by Crippen LogP contribution is 2.27. The molecule has 0 aliphatic heterocycles. The zero-order valence-electron chi connectivity index (χ0n) is 17.8. The first-order chi connectivity index (χ1) is 15.0. The van der Waals surface area contributed by atoms with Crippen molar-refractivity contribution in [3.05, 3.63) is 65.0 Å². The molecule has 0 fully saturated rings. The molecule has 1 N–H and O–H groups in total. The third-order valence-corrected chi connectivity index (χ3v) is 4.69. The SMILES string of the molecule is COc1ccc(NC(=O)CCCn2nc(-c3ccc(OC)cc3)c(OC)cc2=O)cc1. The third kappa shape index (κ3) is 5.63. The molecular formula is C23H25N3O5. The van der Waals surface area contributed by atoms with Gasteiger partial charge in [-0.05, 0) is 55.0 Å². The van der Waals surface area contributed by atoms with E-state index in [1.807, 2.05) is 24.3 Å². The molecule has 1 heterocycles. The molecule has 0 saturated heterocycles. The van der Waals surface area contributed by atoms with Crippen LogP contribution in [0.5, 0.6) is 17.2 Å². The number of hydrogen-bond acceptors (Lipinski definition) is 6. The number of nitrogens with one attached hydrogen (secondary N) is 1. The van der Waals surface area contributed by atoms with Gasteiger partial charge < -0.3 is 19.5 Å². The second-order valence-electron chi connectivity index (χ2n) is 6.73. The fraction of sp³-hybridized carbons (Fsp3) is 0.261. The van der Waals surface area contributed by atoms with Crippen LogP contribution in [0.1, 0.15) is 12.8 Å². The van der Waals surface area contributed by atoms with Gasteiger partial charge in [0.15, 0.2) is 5.75 Å². The Labute approximate surface area is 180 Å². The lowest BCUT2D eigenvalue weighted by Crippen LogP contribution is -2.24. The molecule has 0 aliphatic rings. The Bertz CT molecular complexity index is 1080. The lowest BCUT2D eigenvalue weighted by atomic mass is 10.1. The number of aryl methyl sites for hydroxylation is 1. The first-order valence-corrected chi connectivity index (χ1v) is 9.78. The van der Waals surface area contributed by atoms with Crippen molar-refractivity contribution in [2.75, 3.05) is 26.6 Å². The summed E-state index contributed by atoms with van der Waals surface area (Å²) < 4.78 is 17.0. The molecule has 162 valence electrons. The monoisotopic (exact) mass is 423 g/mol. The maximum atomic E-state index is 12.4. The summed E-state index contributed by atoms with van der Waals surface area (Å²) in [5, 5.41) is 7.29. The van der Waals surface area contributed by atoms with Gasteiger partial charge in [-0.1, -0.05) is 0 Å². The highest BCUT2D eigenvalue weighted by Gasteiger charge is 2.12. The molecule has 0 aliphatic carbocycles. The summed E-state index contributed by atoms with van der Waals surface area (Å²) in [5.74, 6) is 1.69. The van der Waals surface area contributed by atoms with Crippen LogP contribution in [0.4, 0.5) is 5.69 Å². The van der Waals surface area contributed by atoms with Crippen LogP contribution in [-0.4, -0.2) is 37.0 Å².